The van der Waals surface area contributed by atoms with Crippen LogP contribution in [0, 0.1) is 0 Å². The highest BCUT2D eigenvalue weighted by Crippen LogP contribution is 2.10. The van der Waals surface area contributed by atoms with E-state index >= 15 is 0 Å². The van der Waals surface area contributed by atoms with Crippen LogP contribution in [0.3, 0.4) is 0 Å². The molecule has 0 aliphatic carbocycles. The quantitative estimate of drug-likeness (QED) is 0.220. The van der Waals surface area contributed by atoms with Crippen molar-refractivity contribution in [2.24, 2.45) is 0 Å². The lowest BCUT2D eigenvalue weighted by atomic mass is 10.2. The van der Waals surface area contributed by atoms with Crippen molar-refractivity contribution in [3.63, 3.8) is 0 Å². The van der Waals surface area contributed by atoms with Crippen molar-refractivity contribution < 1.29 is 33.3 Å². The summed E-state index contributed by atoms with van der Waals surface area (Å²) >= 11 is 0. The van der Waals surface area contributed by atoms with E-state index in [1.807, 2.05) is 41.5 Å². The summed E-state index contributed by atoms with van der Waals surface area (Å²) < 4.78 is 26.8. The molecule has 7 nitrogen and oxygen atoms in total. The van der Waals surface area contributed by atoms with Crippen molar-refractivity contribution in [1.82, 2.24) is 0 Å². The Bertz CT molecular complexity index is 422. The molecule has 0 rings (SSSR count). The number of rotatable bonds is 18. The van der Waals surface area contributed by atoms with Gasteiger partial charge in [0.05, 0.1) is 24.4 Å². The number of hydrogen-bond donors (Lipinski definition) is 0. The summed E-state index contributed by atoms with van der Waals surface area (Å²) in [5.74, 6) is -0.417. The van der Waals surface area contributed by atoms with Crippen LogP contribution in [0.2, 0.25) is 0 Å². The van der Waals surface area contributed by atoms with Gasteiger partial charge >= 0.3 is 11.9 Å². The standard InChI is InChI=1S/C24H46O7/c1-23(2,3)30-15-11-7-9-13-21(25)28-19-17-27-18-20-29-22(26)14-10-8-12-16-31-24(4,5)6/h7-20H2,1-6H3. The zero-order chi connectivity index (χ0) is 23.6. The topological polar surface area (TPSA) is 80.3 Å². The molecule has 0 aromatic carbocycles. The van der Waals surface area contributed by atoms with Crippen molar-refractivity contribution in [3.05, 3.63) is 0 Å². The Balaban J connectivity index is 3.37. The Morgan fingerprint density at radius 2 is 0.903 bits per heavy atom. The smallest absolute Gasteiger partial charge is 0.305 e. The van der Waals surface area contributed by atoms with Gasteiger partial charge in [0.15, 0.2) is 0 Å². The van der Waals surface area contributed by atoms with Crippen LogP contribution in [0.4, 0.5) is 0 Å². The van der Waals surface area contributed by atoms with Gasteiger partial charge < -0.3 is 23.7 Å². The van der Waals surface area contributed by atoms with E-state index < -0.39 is 0 Å². The van der Waals surface area contributed by atoms with Crippen molar-refractivity contribution in [2.45, 2.75) is 104 Å². The minimum absolute atomic E-state index is 0.112. The zero-order valence-corrected chi connectivity index (χ0v) is 20.8. The first kappa shape index (κ1) is 29.8. The van der Waals surface area contributed by atoms with Crippen molar-refractivity contribution in [3.8, 4) is 0 Å². The average Bonchev–Trinajstić information content (AvgIpc) is 2.64. The van der Waals surface area contributed by atoms with Gasteiger partial charge in [-0.2, -0.15) is 0 Å². The molecule has 0 N–H and O–H groups in total. The van der Waals surface area contributed by atoms with Gasteiger partial charge in [0.2, 0.25) is 0 Å². The summed E-state index contributed by atoms with van der Waals surface area (Å²) in [5.41, 5.74) is -0.225. The summed E-state index contributed by atoms with van der Waals surface area (Å²) in [4.78, 5) is 23.3. The highest BCUT2D eigenvalue weighted by atomic mass is 16.6. The number of carbonyl (C=O) groups excluding carboxylic acids is 2. The van der Waals surface area contributed by atoms with Gasteiger partial charge in [-0.3, -0.25) is 9.59 Å². The average molecular weight is 447 g/mol. The number of unbranched alkanes of at least 4 members (excludes halogenated alkanes) is 4. The summed E-state index contributed by atoms with van der Waals surface area (Å²) in [6.45, 7) is 14.7. The van der Waals surface area contributed by atoms with E-state index in [2.05, 4.69) is 0 Å². The first-order valence-electron chi connectivity index (χ1n) is 11.7. The highest BCUT2D eigenvalue weighted by molar-refractivity contribution is 5.69. The van der Waals surface area contributed by atoms with Crippen LogP contribution in [0.5, 0.6) is 0 Å². The van der Waals surface area contributed by atoms with Crippen LogP contribution >= 0.6 is 0 Å². The third-order valence-electron chi connectivity index (χ3n) is 4.10. The third kappa shape index (κ3) is 25.0. The second-order valence-corrected chi connectivity index (χ2v) is 9.60. The van der Waals surface area contributed by atoms with Gasteiger partial charge in [-0.05, 0) is 67.2 Å². The van der Waals surface area contributed by atoms with Crippen LogP contribution in [0.1, 0.15) is 92.9 Å². The SMILES string of the molecule is CC(C)(C)OCCCCCC(=O)OCCOCCOC(=O)CCCCCOC(C)(C)C. The van der Waals surface area contributed by atoms with E-state index in [1.54, 1.807) is 0 Å². The number of carbonyl (C=O) groups is 2. The van der Waals surface area contributed by atoms with E-state index in [-0.39, 0.29) is 36.4 Å². The Hall–Kier alpha value is -1.18. The summed E-state index contributed by atoms with van der Waals surface area (Å²) in [5, 5.41) is 0. The van der Waals surface area contributed by atoms with Crippen molar-refractivity contribution in [1.29, 1.82) is 0 Å². The van der Waals surface area contributed by atoms with Crippen molar-refractivity contribution >= 4 is 11.9 Å². The molecule has 0 atom stereocenters. The predicted octanol–water partition coefficient (Wildman–Crippen LogP) is 4.84. The first-order valence-corrected chi connectivity index (χ1v) is 11.7. The van der Waals surface area contributed by atoms with Crippen LogP contribution < -0.4 is 0 Å². The second-order valence-electron chi connectivity index (χ2n) is 9.60. The largest absolute Gasteiger partial charge is 0.463 e. The van der Waals surface area contributed by atoms with E-state index in [4.69, 9.17) is 23.7 Å². The molecular weight excluding hydrogens is 400 g/mol. The molecule has 0 unspecified atom stereocenters. The van der Waals surface area contributed by atoms with Gasteiger partial charge in [0.1, 0.15) is 13.2 Å². The van der Waals surface area contributed by atoms with E-state index in [0.29, 0.717) is 39.3 Å². The fourth-order valence-electron chi connectivity index (χ4n) is 2.53. The molecule has 0 fully saturated rings. The van der Waals surface area contributed by atoms with Crippen LogP contribution in [-0.4, -0.2) is 62.8 Å². The van der Waals surface area contributed by atoms with Crippen molar-refractivity contribution in [2.75, 3.05) is 39.6 Å². The lowest BCUT2D eigenvalue weighted by Gasteiger charge is -2.19. The van der Waals surface area contributed by atoms with E-state index in [0.717, 1.165) is 38.5 Å². The first-order chi connectivity index (χ1) is 14.5. The number of hydrogen-bond acceptors (Lipinski definition) is 7. The molecule has 0 aromatic rings. The van der Waals surface area contributed by atoms with Crippen LogP contribution in [-0.2, 0) is 33.3 Å². The fourth-order valence-corrected chi connectivity index (χ4v) is 2.53. The molecule has 0 bridgehead atoms. The molecule has 7 heteroatoms. The van der Waals surface area contributed by atoms with E-state index in [9.17, 15) is 9.59 Å². The Morgan fingerprint density at radius 1 is 0.516 bits per heavy atom. The van der Waals surface area contributed by atoms with Gasteiger partial charge in [-0.15, -0.1) is 0 Å². The van der Waals surface area contributed by atoms with Gasteiger partial charge in [0.25, 0.3) is 0 Å². The molecule has 0 aliphatic rings. The second kappa shape index (κ2) is 17.4. The highest BCUT2D eigenvalue weighted by Gasteiger charge is 2.10. The van der Waals surface area contributed by atoms with Gasteiger partial charge in [-0.1, -0.05) is 12.8 Å². The number of esters is 2. The van der Waals surface area contributed by atoms with Crippen LogP contribution in [0.15, 0.2) is 0 Å². The molecule has 0 saturated heterocycles. The minimum Gasteiger partial charge on any atom is -0.463 e. The molecule has 0 aliphatic heterocycles. The maximum absolute atomic E-state index is 11.6. The normalized spacial score (nSPS) is 12.1. The molecular formula is C24H46O7. The number of ether oxygens (including phenoxy) is 5. The molecule has 0 heterocycles. The van der Waals surface area contributed by atoms with Crippen LogP contribution in [0.25, 0.3) is 0 Å². The molecule has 0 amide bonds. The maximum atomic E-state index is 11.6. The zero-order valence-electron chi connectivity index (χ0n) is 20.8. The van der Waals surface area contributed by atoms with Gasteiger partial charge in [-0.25, -0.2) is 0 Å². The maximum Gasteiger partial charge on any atom is 0.305 e. The fraction of sp³-hybridized carbons (Fsp3) is 0.917. The monoisotopic (exact) mass is 446 g/mol. The van der Waals surface area contributed by atoms with E-state index in [1.165, 1.54) is 0 Å². The van der Waals surface area contributed by atoms with Gasteiger partial charge in [0, 0.05) is 26.1 Å². The molecule has 0 spiro atoms. The molecule has 0 radical (unpaired) electrons. The molecule has 0 saturated carbocycles. The summed E-state index contributed by atoms with van der Waals surface area (Å²) in [7, 11) is 0. The molecule has 0 aromatic heterocycles. The Morgan fingerprint density at radius 3 is 1.26 bits per heavy atom. The molecule has 184 valence electrons. The lowest BCUT2D eigenvalue weighted by molar-refractivity contribution is -0.146. The third-order valence-corrected chi connectivity index (χ3v) is 4.10. The Kier molecular flexibility index (Phi) is 16.7. The Labute approximate surface area is 189 Å². The molecule has 31 heavy (non-hydrogen) atoms. The summed E-state index contributed by atoms with van der Waals surface area (Å²) in [6, 6.07) is 0. The summed E-state index contributed by atoms with van der Waals surface area (Å²) in [6.07, 6.45) is 6.19. The minimum atomic E-state index is -0.209. The predicted molar refractivity (Wildman–Crippen MR) is 121 cm³/mol. The lowest BCUT2D eigenvalue weighted by Crippen LogP contribution is -2.19.